The van der Waals surface area contributed by atoms with Gasteiger partial charge in [0.2, 0.25) is 0 Å². The minimum Gasteiger partial charge on any atom is -0.496 e. The van der Waals surface area contributed by atoms with E-state index >= 15 is 0 Å². The van der Waals surface area contributed by atoms with Crippen molar-refractivity contribution in [3.05, 3.63) is 42.0 Å². The third-order valence-electron chi connectivity index (χ3n) is 4.05. The number of amides is 1. The van der Waals surface area contributed by atoms with Gasteiger partial charge in [-0.15, -0.1) is 0 Å². The molecule has 0 radical (unpaired) electrons. The summed E-state index contributed by atoms with van der Waals surface area (Å²) in [6.45, 7) is 4.95. The monoisotopic (exact) mass is 348 g/mol. The van der Waals surface area contributed by atoms with Gasteiger partial charge in [0.05, 0.1) is 44.3 Å². The van der Waals surface area contributed by atoms with Gasteiger partial charge in [0.25, 0.3) is 5.91 Å². The summed E-state index contributed by atoms with van der Waals surface area (Å²) in [6, 6.07) is 3.83. The van der Waals surface area contributed by atoms with Crippen molar-refractivity contribution in [2.24, 2.45) is 0 Å². The maximum Gasteiger partial charge on any atom is 0.259 e. The molecule has 2 aromatic rings. The second-order valence-electron chi connectivity index (χ2n) is 5.74. The Hall–Kier alpha value is -2.45. The zero-order chi connectivity index (χ0) is 17.6. The fourth-order valence-electron chi connectivity index (χ4n) is 2.68. The average Bonchev–Trinajstić information content (AvgIpc) is 3.08. The van der Waals surface area contributed by atoms with Crippen LogP contribution in [0, 0.1) is 5.82 Å². The summed E-state index contributed by atoms with van der Waals surface area (Å²) >= 11 is 0. The molecule has 25 heavy (non-hydrogen) atoms. The van der Waals surface area contributed by atoms with Gasteiger partial charge in [-0.05, 0) is 18.2 Å². The molecule has 1 amide bonds. The van der Waals surface area contributed by atoms with Crippen LogP contribution < -0.4 is 10.1 Å². The highest BCUT2D eigenvalue weighted by Gasteiger charge is 2.15. The summed E-state index contributed by atoms with van der Waals surface area (Å²) in [6.07, 6.45) is 3.33. The number of rotatable bonds is 6. The first-order valence-electron chi connectivity index (χ1n) is 8.13. The molecular formula is C17H21FN4O3. The number of morpholine rings is 1. The Kier molecular flexibility index (Phi) is 5.62. The number of anilines is 1. The Bertz CT molecular complexity index is 728. The van der Waals surface area contributed by atoms with Crippen molar-refractivity contribution in [1.29, 1.82) is 0 Å². The number of ether oxygens (including phenoxy) is 2. The van der Waals surface area contributed by atoms with Gasteiger partial charge in [0, 0.05) is 25.8 Å². The van der Waals surface area contributed by atoms with Crippen molar-refractivity contribution >= 4 is 11.6 Å². The van der Waals surface area contributed by atoms with Crippen LogP contribution in [0.5, 0.6) is 5.75 Å². The maximum absolute atomic E-state index is 13.4. The van der Waals surface area contributed by atoms with Crippen LogP contribution in [-0.2, 0) is 11.3 Å². The highest BCUT2D eigenvalue weighted by atomic mass is 19.1. The lowest BCUT2D eigenvalue weighted by molar-refractivity contribution is 0.0360. The summed E-state index contributed by atoms with van der Waals surface area (Å²) in [5.41, 5.74) is 0.696. The van der Waals surface area contributed by atoms with E-state index in [1.54, 1.807) is 17.1 Å². The predicted octanol–water partition coefficient (Wildman–Crippen LogP) is 1.62. The summed E-state index contributed by atoms with van der Waals surface area (Å²) in [7, 11) is 1.44. The zero-order valence-electron chi connectivity index (χ0n) is 14.1. The smallest absolute Gasteiger partial charge is 0.259 e. The van der Waals surface area contributed by atoms with E-state index in [1.807, 2.05) is 0 Å². The molecule has 0 unspecified atom stereocenters. The normalized spacial score (nSPS) is 15.1. The van der Waals surface area contributed by atoms with Crippen molar-refractivity contribution in [2.75, 3.05) is 45.3 Å². The molecule has 2 heterocycles. The van der Waals surface area contributed by atoms with Gasteiger partial charge >= 0.3 is 0 Å². The summed E-state index contributed by atoms with van der Waals surface area (Å²) in [5.74, 6) is -0.616. The third kappa shape index (κ3) is 4.55. The quantitative estimate of drug-likeness (QED) is 0.859. The predicted molar refractivity (Wildman–Crippen MR) is 90.4 cm³/mol. The first-order chi connectivity index (χ1) is 12.2. The summed E-state index contributed by atoms with van der Waals surface area (Å²) in [4.78, 5) is 14.7. The lowest BCUT2D eigenvalue weighted by atomic mass is 10.2. The highest BCUT2D eigenvalue weighted by Crippen LogP contribution is 2.20. The Morgan fingerprint density at radius 2 is 2.16 bits per heavy atom. The number of carbonyl (C=O) groups excluding carboxylic acids is 1. The number of benzene rings is 1. The number of nitrogens with one attached hydrogen (secondary N) is 1. The second kappa shape index (κ2) is 8.09. The Morgan fingerprint density at radius 1 is 1.36 bits per heavy atom. The molecule has 1 aromatic heterocycles. The molecule has 0 aliphatic carbocycles. The number of hydrogen-bond donors (Lipinski definition) is 1. The first-order valence-corrected chi connectivity index (χ1v) is 8.13. The van der Waals surface area contributed by atoms with Crippen LogP contribution >= 0.6 is 0 Å². The molecule has 3 rings (SSSR count). The molecule has 1 N–H and O–H groups in total. The van der Waals surface area contributed by atoms with Crippen LogP contribution in [0.1, 0.15) is 10.4 Å². The molecule has 7 nitrogen and oxygen atoms in total. The van der Waals surface area contributed by atoms with Gasteiger partial charge in [-0.2, -0.15) is 5.10 Å². The lowest BCUT2D eigenvalue weighted by Crippen LogP contribution is -2.38. The number of halogens is 1. The van der Waals surface area contributed by atoms with Crippen molar-refractivity contribution in [3.8, 4) is 5.75 Å². The zero-order valence-corrected chi connectivity index (χ0v) is 14.1. The third-order valence-corrected chi connectivity index (χ3v) is 4.05. The molecule has 1 aliphatic heterocycles. The molecule has 0 atom stereocenters. The van der Waals surface area contributed by atoms with Crippen LogP contribution in [0.3, 0.4) is 0 Å². The van der Waals surface area contributed by atoms with Crippen LogP contribution in [0.15, 0.2) is 30.6 Å². The minimum atomic E-state index is -0.493. The number of aromatic nitrogens is 2. The number of methoxy groups -OCH3 is 1. The van der Waals surface area contributed by atoms with Gasteiger partial charge in [-0.1, -0.05) is 0 Å². The fraction of sp³-hybridized carbons (Fsp3) is 0.412. The summed E-state index contributed by atoms with van der Waals surface area (Å²) in [5, 5.41) is 6.96. The fourth-order valence-corrected chi connectivity index (χ4v) is 2.68. The maximum atomic E-state index is 13.4. The first kappa shape index (κ1) is 17.4. The molecule has 0 spiro atoms. The summed E-state index contributed by atoms with van der Waals surface area (Å²) < 4.78 is 25.6. The molecule has 1 aliphatic rings. The molecule has 1 saturated heterocycles. The van der Waals surface area contributed by atoms with Gasteiger partial charge in [-0.25, -0.2) is 4.39 Å². The molecular weight excluding hydrogens is 327 g/mol. The van der Waals surface area contributed by atoms with E-state index in [1.165, 1.54) is 19.2 Å². The van der Waals surface area contributed by atoms with E-state index in [2.05, 4.69) is 15.3 Å². The van der Waals surface area contributed by atoms with Crippen LogP contribution in [0.2, 0.25) is 0 Å². The van der Waals surface area contributed by atoms with Crippen LogP contribution in [0.4, 0.5) is 10.1 Å². The second-order valence-corrected chi connectivity index (χ2v) is 5.74. The van der Waals surface area contributed by atoms with Crippen LogP contribution in [0.25, 0.3) is 0 Å². The van der Waals surface area contributed by atoms with E-state index in [4.69, 9.17) is 9.47 Å². The lowest BCUT2D eigenvalue weighted by Gasteiger charge is -2.26. The topological polar surface area (TPSA) is 68.6 Å². The van der Waals surface area contributed by atoms with Crippen molar-refractivity contribution in [2.45, 2.75) is 6.54 Å². The minimum absolute atomic E-state index is 0.142. The van der Waals surface area contributed by atoms with Crippen molar-refractivity contribution < 1.29 is 18.7 Å². The van der Waals surface area contributed by atoms with Gasteiger partial charge in [-0.3, -0.25) is 14.4 Å². The number of hydrogen-bond acceptors (Lipinski definition) is 5. The molecule has 0 saturated carbocycles. The largest absolute Gasteiger partial charge is 0.496 e. The van der Waals surface area contributed by atoms with E-state index in [0.29, 0.717) is 11.4 Å². The van der Waals surface area contributed by atoms with Crippen LogP contribution in [-0.4, -0.2) is 60.5 Å². The standard InChI is InChI=1S/C17H21FN4O3/c1-24-16-3-2-13(18)10-15(16)17(23)20-14-11-19-22(12-14)5-4-21-6-8-25-9-7-21/h2-3,10-12H,4-9H2,1H3,(H,20,23). The van der Waals surface area contributed by atoms with Crippen molar-refractivity contribution in [3.63, 3.8) is 0 Å². The van der Waals surface area contributed by atoms with E-state index < -0.39 is 11.7 Å². The van der Waals surface area contributed by atoms with Gasteiger partial charge in [0.1, 0.15) is 11.6 Å². The van der Waals surface area contributed by atoms with E-state index in [0.717, 1.165) is 45.5 Å². The Balaban J connectivity index is 1.59. The SMILES string of the molecule is COc1ccc(F)cc1C(=O)Nc1cnn(CCN2CCOCC2)c1. The van der Waals surface area contributed by atoms with Gasteiger partial charge < -0.3 is 14.8 Å². The molecule has 8 heteroatoms. The highest BCUT2D eigenvalue weighted by molar-refractivity contribution is 6.06. The molecule has 0 bridgehead atoms. The van der Waals surface area contributed by atoms with Gasteiger partial charge in [0.15, 0.2) is 0 Å². The van der Waals surface area contributed by atoms with E-state index in [9.17, 15) is 9.18 Å². The average molecular weight is 348 g/mol. The van der Waals surface area contributed by atoms with Crippen molar-refractivity contribution in [1.82, 2.24) is 14.7 Å². The Labute approximate surface area is 145 Å². The Morgan fingerprint density at radius 3 is 2.92 bits per heavy atom. The number of carbonyl (C=O) groups is 1. The van der Waals surface area contributed by atoms with E-state index in [-0.39, 0.29) is 5.56 Å². The number of nitrogens with zero attached hydrogens (tertiary/aromatic N) is 3. The molecule has 134 valence electrons. The molecule has 1 aromatic carbocycles. The molecule has 1 fully saturated rings.